The van der Waals surface area contributed by atoms with Gasteiger partial charge in [0.05, 0.1) is 12.1 Å². The van der Waals surface area contributed by atoms with Crippen molar-refractivity contribution in [1.82, 2.24) is 14.9 Å². The van der Waals surface area contributed by atoms with Gasteiger partial charge in [-0.15, -0.1) is 0 Å². The minimum atomic E-state index is -0.489. The minimum Gasteiger partial charge on any atom is -0.489 e. The van der Waals surface area contributed by atoms with E-state index in [9.17, 15) is 9.59 Å². The largest absolute Gasteiger partial charge is 0.489 e. The van der Waals surface area contributed by atoms with E-state index in [-0.39, 0.29) is 12.0 Å². The monoisotopic (exact) mass is 493 g/mol. The number of nitrogens with one attached hydrogen (secondary N) is 1. The van der Waals surface area contributed by atoms with Gasteiger partial charge in [0.25, 0.3) is 0 Å². The zero-order valence-electron chi connectivity index (χ0n) is 20.4. The predicted octanol–water partition coefficient (Wildman–Crippen LogP) is 4.54. The van der Waals surface area contributed by atoms with E-state index in [1.54, 1.807) is 24.1 Å². The first-order valence-electron chi connectivity index (χ1n) is 12.1. The highest BCUT2D eigenvalue weighted by atomic mass is 16.5. The van der Waals surface area contributed by atoms with Gasteiger partial charge in [0.1, 0.15) is 11.9 Å². The Morgan fingerprint density at radius 1 is 1.11 bits per heavy atom. The number of rotatable bonds is 7. The summed E-state index contributed by atoms with van der Waals surface area (Å²) in [5.74, 6) is 0.827. The van der Waals surface area contributed by atoms with Crippen LogP contribution in [-0.2, 0) is 9.59 Å². The summed E-state index contributed by atoms with van der Waals surface area (Å²) >= 11 is 0. The summed E-state index contributed by atoms with van der Waals surface area (Å²) in [4.78, 5) is 33.7. The second-order valence-electron chi connectivity index (χ2n) is 8.94. The fourth-order valence-corrected chi connectivity index (χ4v) is 4.39. The van der Waals surface area contributed by atoms with Gasteiger partial charge in [0, 0.05) is 48.8 Å². The highest BCUT2D eigenvalue weighted by Crippen LogP contribution is 2.29. The average Bonchev–Trinajstić information content (AvgIpc) is 3.37. The molecule has 0 unspecified atom stereocenters. The lowest BCUT2D eigenvalue weighted by molar-refractivity contribution is -0.128. The Morgan fingerprint density at radius 2 is 1.92 bits per heavy atom. The minimum absolute atomic E-state index is 0.00902. The maximum absolute atomic E-state index is 11.5. The van der Waals surface area contributed by atoms with Crippen LogP contribution < -0.4 is 15.8 Å². The Bertz CT molecular complexity index is 1480. The first kappa shape index (κ1) is 24.0. The van der Waals surface area contributed by atoms with Crippen LogP contribution in [0, 0.1) is 0 Å². The number of ether oxygens (including phenoxy) is 1. The van der Waals surface area contributed by atoms with Crippen LogP contribution in [0.2, 0.25) is 0 Å². The quantitative estimate of drug-likeness (QED) is 0.366. The third kappa shape index (κ3) is 5.75. The van der Waals surface area contributed by atoms with Gasteiger partial charge in [-0.2, -0.15) is 0 Å². The number of hydrogen-bond donors (Lipinski definition) is 2. The number of carbonyl (C=O) groups excluding carboxylic acids is 2. The fourth-order valence-electron chi connectivity index (χ4n) is 4.39. The van der Waals surface area contributed by atoms with Gasteiger partial charge in [-0.1, -0.05) is 36.4 Å². The number of nitrogens with zero attached hydrogens (tertiary/aromatic N) is 3. The van der Waals surface area contributed by atoms with E-state index in [1.807, 2.05) is 66.7 Å². The number of likely N-dealkylation sites (tertiary alicyclic amines) is 1. The van der Waals surface area contributed by atoms with Gasteiger partial charge in [0.2, 0.25) is 17.8 Å². The molecule has 0 saturated carbocycles. The van der Waals surface area contributed by atoms with Crippen LogP contribution in [0.15, 0.2) is 79.0 Å². The predicted molar refractivity (Wildman–Crippen MR) is 144 cm³/mol. The summed E-state index contributed by atoms with van der Waals surface area (Å²) in [6.07, 6.45) is 5.67. The molecule has 3 aromatic carbocycles. The van der Waals surface area contributed by atoms with Gasteiger partial charge >= 0.3 is 0 Å². The van der Waals surface area contributed by atoms with Crippen LogP contribution in [0.1, 0.15) is 18.9 Å². The van der Waals surface area contributed by atoms with Crippen LogP contribution in [0.5, 0.6) is 5.75 Å². The number of amides is 2. The van der Waals surface area contributed by atoms with E-state index in [2.05, 4.69) is 10.3 Å². The normalized spacial score (nSPS) is 15.3. The van der Waals surface area contributed by atoms with E-state index < -0.39 is 5.91 Å². The van der Waals surface area contributed by atoms with Crippen molar-refractivity contribution in [3.8, 4) is 16.9 Å². The number of nitrogens with two attached hydrogens (primary N) is 1. The molecule has 1 aliphatic rings. The van der Waals surface area contributed by atoms with E-state index in [1.165, 1.54) is 6.08 Å². The molecule has 2 amide bonds. The molecule has 8 nitrogen and oxygen atoms in total. The number of benzene rings is 3. The molecule has 5 rings (SSSR count). The number of aromatic nitrogens is 2. The summed E-state index contributed by atoms with van der Waals surface area (Å²) in [7, 11) is 0. The molecule has 1 aliphatic heterocycles. The molecule has 1 fully saturated rings. The molecule has 0 aliphatic carbocycles. The summed E-state index contributed by atoms with van der Waals surface area (Å²) in [6, 6.07) is 21.4. The van der Waals surface area contributed by atoms with E-state index >= 15 is 0 Å². The smallest absolute Gasteiger partial charge is 0.241 e. The molecule has 1 atom stereocenters. The standard InChI is InChI=1S/C29H27N5O3/c1-19(35)34-15-14-25(18-34)37-24-11-9-23(10-12-24)32-29-31-17-22-6-3-7-26(28(22)33-29)21-5-2-4-20(16-21)8-13-27(30)36/h2-13,16-17,25H,14-15,18H2,1H3,(H2,30,36)(H,31,32,33)/t25-/m1/s1. The highest BCUT2D eigenvalue weighted by molar-refractivity contribution is 5.95. The molecule has 0 spiro atoms. The topological polar surface area (TPSA) is 110 Å². The van der Waals surface area contributed by atoms with Crippen LogP contribution in [0.4, 0.5) is 11.6 Å². The summed E-state index contributed by atoms with van der Waals surface area (Å²) in [5, 5.41) is 4.19. The first-order chi connectivity index (χ1) is 17.9. The fraction of sp³-hybridized carbons (Fsp3) is 0.172. The third-order valence-corrected chi connectivity index (χ3v) is 6.25. The molecule has 1 aromatic heterocycles. The molecular formula is C29H27N5O3. The van der Waals surface area contributed by atoms with Gasteiger partial charge in [-0.05, 0) is 47.5 Å². The first-order valence-corrected chi connectivity index (χ1v) is 12.1. The Balaban J connectivity index is 1.34. The molecule has 8 heteroatoms. The van der Waals surface area contributed by atoms with Crippen molar-refractivity contribution in [2.24, 2.45) is 5.73 Å². The van der Waals surface area contributed by atoms with Crippen molar-refractivity contribution in [3.63, 3.8) is 0 Å². The van der Waals surface area contributed by atoms with Gasteiger partial charge in [0.15, 0.2) is 0 Å². The SMILES string of the molecule is CC(=O)N1CC[C@@H](Oc2ccc(Nc3ncc4cccc(-c5cccc(C=CC(N)=O)c5)c4n3)cc2)C1. The molecule has 2 heterocycles. The number of carbonyl (C=O) groups is 2. The highest BCUT2D eigenvalue weighted by Gasteiger charge is 2.25. The average molecular weight is 494 g/mol. The Kier molecular flexibility index (Phi) is 6.81. The van der Waals surface area contributed by atoms with E-state index in [0.717, 1.165) is 52.0 Å². The lowest BCUT2D eigenvalue weighted by Gasteiger charge is -2.16. The van der Waals surface area contributed by atoms with Crippen molar-refractivity contribution in [1.29, 1.82) is 0 Å². The van der Waals surface area contributed by atoms with Crippen molar-refractivity contribution in [2.75, 3.05) is 18.4 Å². The summed E-state index contributed by atoms with van der Waals surface area (Å²) in [5.41, 5.74) is 9.68. The second-order valence-corrected chi connectivity index (χ2v) is 8.94. The van der Waals surface area contributed by atoms with E-state index in [0.29, 0.717) is 12.5 Å². The van der Waals surface area contributed by atoms with Crippen LogP contribution >= 0.6 is 0 Å². The van der Waals surface area contributed by atoms with Gasteiger partial charge in [-0.25, -0.2) is 9.97 Å². The van der Waals surface area contributed by atoms with Crippen molar-refractivity contribution >= 4 is 40.4 Å². The molecule has 1 saturated heterocycles. The number of anilines is 2. The Labute approximate surface area is 214 Å². The van der Waals surface area contributed by atoms with Crippen molar-refractivity contribution in [3.05, 3.63) is 84.6 Å². The van der Waals surface area contributed by atoms with E-state index in [4.69, 9.17) is 15.5 Å². The lowest BCUT2D eigenvalue weighted by atomic mass is 10.0. The zero-order chi connectivity index (χ0) is 25.8. The zero-order valence-corrected chi connectivity index (χ0v) is 20.4. The van der Waals surface area contributed by atoms with Gasteiger partial charge in [-0.3, -0.25) is 9.59 Å². The van der Waals surface area contributed by atoms with Crippen LogP contribution in [-0.4, -0.2) is 45.9 Å². The Hall–Kier alpha value is -4.72. The molecule has 4 aromatic rings. The maximum atomic E-state index is 11.5. The molecule has 186 valence electrons. The van der Waals surface area contributed by atoms with Crippen molar-refractivity contribution < 1.29 is 14.3 Å². The number of primary amides is 1. The number of para-hydroxylation sites is 1. The summed E-state index contributed by atoms with van der Waals surface area (Å²) < 4.78 is 6.04. The lowest BCUT2D eigenvalue weighted by Crippen LogP contribution is -2.28. The molecule has 0 radical (unpaired) electrons. The third-order valence-electron chi connectivity index (χ3n) is 6.25. The van der Waals surface area contributed by atoms with Crippen LogP contribution in [0.25, 0.3) is 28.1 Å². The molecule has 0 bridgehead atoms. The second kappa shape index (κ2) is 10.5. The molecular weight excluding hydrogens is 466 g/mol. The summed E-state index contributed by atoms with van der Waals surface area (Å²) in [6.45, 7) is 2.93. The van der Waals surface area contributed by atoms with Gasteiger partial charge < -0.3 is 20.7 Å². The number of hydrogen-bond acceptors (Lipinski definition) is 6. The van der Waals surface area contributed by atoms with Crippen molar-refractivity contribution in [2.45, 2.75) is 19.4 Å². The maximum Gasteiger partial charge on any atom is 0.241 e. The van der Waals surface area contributed by atoms with Crippen LogP contribution in [0.3, 0.4) is 0 Å². The number of fused-ring (bicyclic) bond motifs is 1. The Morgan fingerprint density at radius 3 is 2.68 bits per heavy atom. The molecule has 3 N–H and O–H groups in total. The molecule has 37 heavy (non-hydrogen) atoms.